The largest absolute Gasteiger partial charge is 0.350 e. The summed E-state index contributed by atoms with van der Waals surface area (Å²) in [6.45, 7) is 12.5. The van der Waals surface area contributed by atoms with Crippen LogP contribution in [0.3, 0.4) is 0 Å². The summed E-state index contributed by atoms with van der Waals surface area (Å²) in [4.78, 5) is 9.18. The molecule has 0 spiro atoms. The fourth-order valence-electron chi connectivity index (χ4n) is 3.48. The van der Waals surface area contributed by atoms with E-state index < -0.39 is 0 Å². The number of nitrogens with zero attached hydrogens (tertiary/aromatic N) is 3. The first-order valence-electron chi connectivity index (χ1n) is 8.93. The topological polar surface area (TPSA) is 63.8 Å². The van der Waals surface area contributed by atoms with Crippen LogP contribution >= 0.6 is 0 Å². The average Bonchev–Trinajstić information content (AvgIpc) is 2.96. The van der Waals surface area contributed by atoms with Gasteiger partial charge < -0.3 is 9.84 Å². The van der Waals surface area contributed by atoms with Gasteiger partial charge in [-0.3, -0.25) is 0 Å². The molecule has 0 atom stereocenters. The Bertz CT molecular complexity index is 886. The van der Waals surface area contributed by atoms with Crippen molar-refractivity contribution in [2.45, 2.75) is 60.3 Å². The van der Waals surface area contributed by atoms with Gasteiger partial charge in [0.25, 0.3) is 0 Å². The highest BCUT2D eigenvalue weighted by molar-refractivity contribution is 5.88. The van der Waals surface area contributed by atoms with Crippen molar-refractivity contribution in [2.24, 2.45) is 0 Å². The van der Waals surface area contributed by atoms with Gasteiger partial charge in [0, 0.05) is 11.6 Å². The second kappa shape index (κ2) is 6.82. The van der Waals surface area contributed by atoms with Crippen LogP contribution < -0.4 is 5.32 Å². The summed E-state index contributed by atoms with van der Waals surface area (Å²) in [5.74, 6) is 1.75. The second-order valence-corrected chi connectivity index (χ2v) is 6.78. The van der Waals surface area contributed by atoms with Gasteiger partial charge in [-0.15, -0.1) is 0 Å². The number of rotatable bonds is 5. The molecule has 25 heavy (non-hydrogen) atoms. The van der Waals surface area contributed by atoms with Crippen LogP contribution in [-0.2, 0) is 0 Å². The van der Waals surface area contributed by atoms with Crippen molar-refractivity contribution in [1.29, 1.82) is 0 Å². The molecule has 0 unspecified atom stereocenters. The highest BCUT2D eigenvalue weighted by atomic mass is 16.5. The molecular formula is C20H26N4O. The zero-order chi connectivity index (χ0) is 18.1. The van der Waals surface area contributed by atoms with E-state index in [9.17, 15) is 0 Å². The maximum Gasteiger partial charge on any atom is 0.228 e. The predicted molar refractivity (Wildman–Crippen MR) is 102 cm³/mol. The third-order valence-electron chi connectivity index (χ3n) is 4.75. The van der Waals surface area contributed by atoms with E-state index in [0.29, 0.717) is 23.1 Å². The first-order chi connectivity index (χ1) is 11.9. The van der Waals surface area contributed by atoms with E-state index in [1.165, 1.54) is 16.7 Å². The smallest absolute Gasteiger partial charge is 0.228 e. The molecule has 0 saturated heterocycles. The summed E-state index contributed by atoms with van der Waals surface area (Å²) in [6, 6.07) is 4.33. The van der Waals surface area contributed by atoms with E-state index >= 15 is 0 Å². The quantitative estimate of drug-likeness (QED) is 0.665. The lowest BCUT2D eigenvalue weighted by molar-refractivity contribution is 0.432. The second-order valence-electron chi connectivity index (χ2n) is 6.78. The minimum absolute atomic E-state index is 0.353. The van der Waals surface area contributed by atoms with Crippen LogP contribution in [0.15, 0.2) is 16.7 Å². The number of anilines is 2. The zero-order valence-corrected chi connectivity index (χ0v) is 15.9. The third-order valence-corrected chi connectivity index (χ3v) is 4.75. The van der Waals surface area contributed by atoms with Gasteiger partial charge in [-0.25, -0.2) is 9.97 Å². The number of hydrogen-bond acceptors (Lipinski definition) is 5. The number of fused-ring (bicyclic) bond motifs is 1. The van der Waals surface area contributed by atoms with Gasteiger partial charge in [0.1, 0.15) is 17.0 Å². The third kappa shape index (κ3) is 3.23. The molecule has 0 fully saturated rings. The zero-order valence-electron chi connectivity index (χ0n) is 15.9. The van der Waals surface area contributed by atoms with Crippen LogP contribution in [0.25, 0.3) is 11.1 Å². The van der Waals surface area contributed by atoms with Gasteiger partial charge in [-0.05, 0) is 51.7 Å². The lowest BCUT2D eigenvalue weighted by Crippen LogP contribution is -2.03. The molecule has 3 aromatic rings. The van der Waals surface area contributed by atoms with E-state index in [1.807, 2.05) is 6.92 Å². The summed E-state index contributed by atoms with van der Waals surface area (Å²) in [7, 11) is 0. The number of aryl methyl sites for hydroxylation is 4. The Hall–Kier alpha value is -2.43. The monoisotopic (exact) mass is 338 g/mol. The Morgan fingerprint density at radius 1 is 1.00 bits per heavy atom. The summed E-state index contributed by atoms with van der Waals surface area (Å²) in [5, 5.41) is 7.78. The lowest BCUT2D eigenvalue weighted by Gasteiger charge is -2.13. The van der Waals surface area contributed by atoms with Crippen molar-refractivity contribution in [3.8, 4) is 0 Å². The highest BCUT2D eigenvalue weighted by Gasteiger charge is 2.21. The van der Waals surface area contributed by atoms with E-state index in [2.05, 4.69) is 67.2 Å². The van der Waals surface area contributed by atoms with Crippen LogP contribution in [0.2, 0.25) is 0 Å². The molecular weight excluding hydrogens is 312 g/mol. The summed E-state index contributed by atoms with van der Waals surface area (Å²) < 4.78 is 5.66. The Kier molecular flexibility index (Phi) is 4.75. The summed E-state index contributed by atoms with van der Waals surface area (Å²) in [5.41, 5.74) is 7.07. The molecule has 0 amide bonds. The standard InChI is InChI=1S/C20H26N4O/c1-7-15(8-2)17-18-19(25-24-17)20(22-14(6)21-18)23-16-12(4)9-11(3)10-13(16)5/h9-10,15H,7-8H2,1-6H3,(H,21,22,23). The van der Waals surface area contributed by atoms with Crippen molar-refractivity contribution < 1.29 is 4.52 Å². The van der Waals surface area contributed by atoms with Gasteiger partial charge in [0.15, 0.2) is 5.82 Å². The maximum atomic E-state index is 5.66. The lowest BCUT2D eigenvalue weighted by atomic mass is 9.99. The number of hydrogen-bond donors (Lipinski definition) is 1. The highest BCUT2D eigenvalue weighted by Crippen LogP contribution is 2.33. The number of nitrogens with one attached hydrogen (secondary N) is 1. The molecule has 5 heteroatoms. The molecule has 0 bridgehead atoms. The summed E-state index contributed by atoms with van der Waals surface area (Å²) in [6.07, 6.45) is 2.03. The van der Waals surface area contributed by atoms with Crippen molar-refractivity contribution in [3.05, 3.63) is 40.3 Å². The van der Waals surface area contributed by atoms with Gasteiger partial charge in [-0.1, -0.05) is 36.7 Å². The maximum absolute atomic E-state index is 5.66. The Labute approximate surface area is 148 Å². The molecule has 0 aliphatic rings. The predicted octanol–water partition coefficient (Wildman–Crippen LogP) is 5.50. The van der Waals surface area contributed by atoms with Gasteiger partial charge in [-0.2, -0.15) is 0 Å². The Morgan fingerprint density at radius 3 is 2.24 bits per heavy atom. The van der Waals surface area contributed by atoms with Crippen molar-refractivity contribution in [2.75, 3.05) is 5.32 Å². The molecule has 2 aromatic heterocycles. The van der Waals surface area contributed by atoms with Crippen LogP contribution in [0.5, 0.6) is 0 Å². The average molecular weight is 338 g/mol. The van der Waals surface area contributed by atoms with E-state index in [-0.39, 0.29) is 0 Å². The minimum atomic E-state index is 0.353. The van der Waals surface area contributed by atoms with Crippen molar-refractivity contribution in [3.63, 3.8) is 0 Å². The van der Waals surface area contributed by atoms with Crippen LogP contribution in [0, 0.1) is 27.7 Å². The normalized spacial score (nSPS) is 11.5. The van der Waals surface area contributed by atoms with Gasteiger partial charge in [0.05, 0.1) is 0 Å². The fourth-order valence-corrected chi connectivity index (χ4v) is 3.48. The van der Waals surface area contributed by atoms with E-state index in [4.69, 9.17) is 4.52 Å². The van der Waals surface area contributed by atoms with E-state index in [1.54, 1.807) is 0 Å². The molecule has 0 aliphatic carbocycles. The van der Waals surface area contributed by atoms with Crippen LogP contribution in [0.4, 0.5) is 11.5 Å². The molecule has 0 saturated carbocycles. The molecule has 2 heterocycles. The number of aromatic nitrogens is 3. The Morgan fingerprint density at radius 2 is 1.64 bits per heavy atom. The number of benzene rings is 1. The SMILES string of the molecule is CCC(CC)c1noc2c(Nc3c(C)cc(C)cc3C)nc(C)nc12. The van der Waals surface area contributed by atoms with Crippen LogP contribution in [-0.4, -0.2) is 15.1 Å². The van der Waals surface area contributed by atoms with Gasteiger partial charge >= 0.3 is 0 Å². The molecule has 3 rings (SSSR count). The Balaban J connectivity index is 2.12. The summed E-state index contributed by atoms with van der Waals surface area (Å²) >= 11 is 0. The molecule has 0 aliphatic heterocycles. The minimum Gasteiger partial charge on any atom is -0.350 e. The fraction of sp³-hybridized carbons (Fsp3) is 0.450. The van der Waals surface area contributed by atoms with E-state index in [0.717, 1.165) is 29.7 Å². The van der Waals surface area contributed by atoms with Crippen LogP contribution in [0.1, 0.15) is 60.8 Å². The molecule has 132 valence electrons. The molecule has 1 N–H and O–H groups in total. The first kappa shape index (κ1) is 17.4. The van der Waals surface area contributed by atoms with Gasteiger partial charge in [0.2, 0.25) is 5.58 Å². The van der Waals surface area contributed by atoms with Crippen molar-refractivity contribution in [1.82, 2.24) is 15.1 Å². The molecule has 5 nitrogen and oxygen atoms in total. The molecule has 0 radical (unpaired) electrons. The molecule has 1 aromatic carbocycles. The van der Waals surface area contributed by atoms with Crippen molar-refractivity contribution >= 4 is 22.6 Å². The first-order valence-corrected chi connectivity index (χ1v) is 8.93.